The summed E-state index contributed by atoms with van der Waals surface area (Å²) < 4.78 is 5.19. The van der Waals surface area contributed by atoms with E-state index in [2.05, 4.69) is 0 Å². The van der Waals surface area contributed by atoms with Gasteiger partial charge in [0, 0.05) is 25.3 Å². The highest BCUT2D eigenvalue weighted by Crippen LogP contribution is 2.25. The minimum Gasteiger partial charge on any atom is -0.442 e. The molecule has 4 nitrogen and oxygen atoms in total. The maximum atomic E-state index is 12.1. The molecule has 0 aromatic heterocycles. The van der Waals surface area contributed by atoms with Gasteiger partial charge in [0.1, 0.15) is 0 Å². The molecular formula is C12H21NO3. The monoisotopic (exact) mass is 227 g/mol. The molecule has 0 saturated carbocycles. The van der Waals surface area contributed by atoms with E-state index in [0.717, 1.165) is 19.3 Å². The molecule has 1 unspecified atom stereocenters. The van der Waals surface area contributed by atoms with Crippen LogP contribution >= 0.6 is 0 Å². The Morgan fingerprint density at radius 3 is 2.38 bits per heavy atom. The maximum absolute atomic E-state index is 12.1. The smallest absolute Gasteiger partial charge is 0.304 e. The minimum absolute atomic E-state index is 0.0541. The topological polar surface area (TPSA) is 46.6 Å². The van der Waals surface area contributed by atoms with Gasteiger partial charge in [0.2, 0.25) is 5.91 Å². The summed E-state index contributed by atoms with van der Waals surface area (Å²) in [6, 6.07) is 0. The molecular weight excluding hydrogens is 206 g/mol. The predicted octanol–water partition coefficient (Wildman–Crippen LogP) is 1.93. The largest absolute Gasteiger partial charge is 0.442 e. The molecule has 0 radical (unpaired) electrons. The third kappa shape index (κ3) is 3.22. The Morgan fingerprint density at radius 2 is 1.88 bits per heavy atom. The molecule has 1 atom stereocenters. The first-order valence-electron chi connectivity index (χ1n) is 5.80. The highest BCUT2D eigenvalue weighted by atomic mass is 16.6. The van der Waals surface area contributed by atoms with Gasteiger partial charge in [-0.2, -0.15) is 0 Å². The Hall–Kier alpha value is -1.06. The van der Waals surface area contributed by atoms with Crippen LogP contribution in [0.5, 0.6) is 0 Å². The van der Waals surface area contributed by atoms with E-state index < -0.39 is 5.41 Å². The lowest BCUT2D eigenvalue weighted by Gasteiger charge is -2.38. The molecule has 1 amide bonds. The molecule has 0 spiro atoms. The molecule has 1 saturated heterocycles. The van der Waals surface area contributed by atoms with Gasteiger partial charge in [-0.3, -0.25) is 9.59 Å². The van der Waals surface area contributed by atoms with Crippen molar-refractivity contribution < 1.29 is 14.3 Å². The molecule has 0 N–H and O–H groups in total. The lowest BCUT2D eigenvalue weighted by Crippen LogP contribution is -2.50. The molecule has 1 aliphatic rings. The van der Waals surface area contributed by atoms with Crippen molar-refractivity contribution in [1.82, 2.24) is 4.90 Å². The zero-order chi connectivity index (χ0) is 12.3. The molecule has 4 heteroatoms. The molecule has 0 aromatic carbocycles. The predicted molar refractivity (Wildman–Crippen MR) is 60.6 cm³/mol. The second-order valence-corrected chi connectivity index (χ2v) is 5.31. The molecule has 1 fully saturated rings. The standard InChI is InChI=1S/C12H21NO3/c1-9(14)16-10-7-5-6-8-13(10)11(15)12(2,3)4/h10H,5-8H2,1-4H3. The number of carbonyl (C=O) groups excluding carboxylic acids is 2. The summed E-state index contributed by atoms with van der Waals surface area (Å²) in [7, 11) is 0. The Kier molecular flexibility index (Phi) is 3.94. The first kappa shape index (κ1) is 13.0. The molecule has 0 aromatic rings. The highest BCUT2D eigenvalue weighted by molar-refractivity contribution is 5.82. The van der Waals surface area contributed by atoms with E-state index in [1.807, 2.05) is 20.8 Å². The van der Waals surface area contributed by atoms with Crippen LogP contribution in [0.3, 0.4) is 0 Å². The minimum atomic E-state index is -0.421. The third-order valence-electron chi connectivity index (χ3n) is 2.65. The fourth-order valence-electron chi connectivity index (χ4n) is 1.88. The quantitative estimate of drug-likeness (QED) is 0.643. The van der Waals surface area contributed by atoms with Crippen LogP contribution in [-0.2, 0) is 14.3 Å². The van der Waals surface area contributed by atoms with Crippen LogP contribution in [0.25, 0.3) is 0 Å². The van der Waals surface area contributed by atoms with E-state index in [4.69, 9.17) is 4.74 Å². The number of rotatable bonds is 1. The van der Waals surface area contributed by atoms with Gasteiger partial charge in [-0.05, 0) is 12.8 Å². The average Bonchev–Trinajstić information content (AvgIpc) is 2.15. The van der Waals surface area contributed by atoms with Crippen LogP contribution in [0.1, 0.15) is 47.0 Å². The van der Waals surface area contributed by atoms with E-state index in [9.17, 15) is 9.59 Å². The van der Waals surface area contributed by atoms with Gasteiger partial charge in [0.25, 0.3) is 0 Å². The van der Waals surface area contributed by atoms with Crippen molar-refractivity contribution in [2.45, 2.75) is 53.2 Å². The Labute approximate surface area is 96.9 Å². The van der Waals surface area contributed by atoms with Crippen LogP contribution in [0.15, 0.2) is 0 Å². The van der Waals surface area contributed by atoms with Crippen molar-refractivity contribution in [1.29, 1.82) is 0 Å². The molecule has 16 heavy (non-hydrogen) atoms. The van der Waals surface area contributed by atoms with Gasteiger partial charge in [-0.15, -0.1) is 0 Å². The SMILES string of the molecule is CC(=O)OC1CCCCN1C(=O)C(C)(C)C. The zero-order valence-corrected chi connectivity index (χ0v) is 10.6. The first-order chi connectivity index (χ1) is 7.32. The summed E-state index contributed by atoms with van der Waals surface area (Å²) in [6.45, 7) is 7.72. The summed E-state index contributed by atoms with van der Waals surface area (Å²) in [5.41, 5.74) is -0.421. The number of hydrogen-bond donors (Lipinski definition) is 0. The van der Waals surface area contributed by atoms with Crippen molar-refractivity contribution >= 4 is 11.9 Å². The number of piperidine rings is 1. The highest BCUT2D eigenvalue weighted by Gasteiger charge is 2.34. The number of esters is 1. The van der Waals surface area contributed by atoms with Crippen molar-refractivity contribution in [2.24, 2.45) is 5.41 Å². The van der Waals surface area contributed by atoms with Crippen LogP contribution in [-0.4, -0.2) is 29.5 Å². The van der Waals surface area contributed by atoms with Crippen molar-refractivity contribution in [3.63, 3.8) is 0 Å². The normalized spacial score (nSPS) is 21.8. The van der Waals surface area contributed by atoms with Crippen molar-refractivity contribution in [3.05, 3.63) is 0 Å². The van der Waals surface area contributed by atoms with Gasteiger partial charge in [-0.25, -0.2) is 0 Å². The number of nitrogens with zero attached hydrogens (tertiary/aromatic N) is 1. The summed E-state index contributed by atoms with van der Waals surface area (Å²) in [6.07, 6.45) is 2.38. The molecule has 1 aliphatic heterocycles. The number of hydrogen-bond acceptors (Lipinski definition) is 3. The lowest BCUT2D eigenvalue weighted by atomic mass is 9.93. The lowest BCUT2D eigenvalue weighted by molar-refractivity contribution is -0.170. The molecule has 1 heterocycles. The molecule has 92 valence electrons. The first-order valence-corrected chi connectivity index (χ1v) is 5.80. The second kappa shape index (κ2) is 4.85. The summed E-state index contributed by atoms with van der Waals surface area (Å²) >= 11 is 0. The van der Waals surface area contributed by atoms with Gasteiger partial charge >= 0.3 is 5.97 Å². The third-order valence-corrected chi connectivity index (χ3v) is 2.65. The van der Waals surface area contributed by atoms with Gasteiger partial charge < -0.3 is 9.64 Å². The van der Waals surface area contributed by atoms with E-state index in [0.29, 0.717) is 6.54 Å². The van der Waals surface area contributed by atoms with Gasteiger partial charge in [-0.1, -0.05) is 20.8 Å². The fourth-order valence-corrected chi connectivity index (χ4v) is 1.88. The number of ether oxygens (including phenoxy) is 1. The molecule has 0 bridgehead atoms. The van der Waals surface area contributed by atoms with Gasteiger partial charge in [0.15, 0.2) is 6.23 Å². The van der Waals surface area contributed by atoms with Crippen molar-refractivity contribution in [2.75, 3.05) is 6.54 Å². The number of carbonyl (C=O) groups is 2. The van der Waals surface area contributed by atoms with Crippen LogP contribution < -0.4 is 0 Å². The number of amides is 1. The van der Waals surface area contributed by atoms with E-state index in [-0.39, 0.29) is 18.1 Å². The molecule has 0 aliphatic carbocycles. The molecule has 1 rings (SSSR count). The Morgan fingerprint density at radius 1 is 1.25 bits per heavy atom. The van der Waals surface area contributed by atoms with Crippen LogP contribution in [0, 0.1) is 5.41 Å². The van der Waals surface area contributed by atoms with Gasteiger partial charge in [0.05, 0.1) is 0 Å². The number of likely N-dealkylation sites (tertiary alicyclic amines) is 1. The fraction of sp³-hybridized carbons (Fsp3) is 0.833. The maximum Gasteiger partial charge on any atom is 0.304 e. The summed E-state index contributed by atoms with van der Waals surface area (Å²) in [5, 5.41) is 0. The van der Waals surface area contributed by atoms with Crippen LogP contribution in [0.2, 0.25) is 0 Å². The summed E-state index contributed by atoms with van der Waals surface area (Å²) in [5.74, 6) is -0.267. The summed E-state index contributed by atoms with van der Waals surface area (Å²) in [4.78, 5) is 24.8. The zero-order valence-electron chi connectivity index (χ0n) is 10.6. The Balaban J connectivity index is 2.74. The van der Waals surface area contributed by atoms with E-state index >= 15 is 0 Å². The van der Waals surface area contributed by atoms with Crippen molar-refractivity contribution in [3.8, 4) is 0 Å². The van der Waals surface area contributed by atoms with E-state index in [1.165, 1.54) is 6.92 Å². The van der Waals surface area contributed by atoms with Crippen LogP contribution in [0.4, 0.5) is 0 Å². The average molecular weight is 227 g/mol. The second-order valence-electron chi connectivity index (χ2n) is 5.31. The Bertz CT molecular complexity index is 280. The van der Waals surface area contributed by atoms with E-state index in [1.54, 1.807) is 4.90 Å².